The normalized spacial score (nSPS) is 16.1. The average Bonchev–Trinajstić information content (AvgIpc) is 3.23. The maximum atomic E-state index is 5.90. The number of nitrogens with one attached hydrogen (secondary N) is 2. The average molecular weight is 428 g/mol. The zero-order chi connectivity index (χ0) is 22.1. The van der Waals surface area contributed by atoms with Crippen LogP contribution in [0.1, 0.15) is 45.1 Å². The lowest BCUT2D eigenvalue weighted by Crippen LogP contribution is -2.49. The van der Waals surface area contributed by atoms with Gasteiger partial charge in [-0.1, -0.05) is 29.8 Å². The zero-order valence-corrected chi connectivity index (χ0v) is 19.4. The van der Waals surface area contributed by atoms with Gasteiger partial charge in [0.25, 0.3) is 0 Å². The number of nitrogens with zero attached hydrogens (tertiary/aromatic N) is 3. The molecule has 0 aliphatic carbocycles. The van der Waals surface area contributed by atoms with E-state index in [1.807, 2.05) is 0 Å². The lowest BCUT2D eigenvalue weighted by atomic mass is 10.1. The summed E-state index contributed by atoms with van der Waals surface area (Å²) in [7, 11) is 0. The Hall–Kier alpha value is -2.38. The fourth-order valence-electron chi connectivity index (χ4n) is 3.61. The second-order valence-corrected chi connectivity index (χ2v) is 8.36. The predicted octanol–water partition coefficient (Wildman–Crippen LogP) is 3.59. The van der Waals surface area contributed by atoms with Crippen molar-refractivity contribution < 1.29 is 9.15 Å². The van der Waals surface area contributed by atoms with Crippen molar-refractivity contribution >= 4 is 5.96 Å². The Morgan fingerprint density at radius 2 is 2.00 bits per heavy atom. The molecule has 2 aromatic rings. The van der Waals surface area contributed by atoms with Gasteiger partial charge in [0.1, 0.15) is 6.54 Å². The highest BCUT2D eigenvalue weighted by atomic mass is 16.5. The molecule has 0 radical (unpaired) electrons. The number of piperidine rings is 1. The number of hydrogen-bond donors (Lipinski definition) is 2. The Kier molecular flexibility index (Phi) is 8.91. The summed E-state index contributed by atoms with van der Waals surface area (Å²) in [6.45, 7) is 13.5. The van der Waals surface area contributed by atoms with Gasteiger partial charge >= 0.3 is 0 Å². The largest absolute Gasteiger partial charge is 0.439 e. The Labute approximate surface area is 186 Å². The molecule has 2 heterocycles. The van der Waals surface area contributed by atoms with E-state index < -0.39 is 0 Å². The van der Waals surface area contributed by atoms with Crippen LogP contribution in [0.4, 0.5) is 0 Å². The van der Waals surface area contributed by atoms with E-state index >= 15 is 0 Å². The molecular formula is C24H37N5O2. The van der Waals surface area contributed by atoms with Crippen LogP contribution in [-0.4, -0.2) is 60.8 Å². The van der Waals surface area contributed by atoms with Crippen LogP contribution in [-0.2, 0) is 11.3 Å². The van der Waals surface area contributed by atoms with E-state index in [1.165, 1.54) is 5.56 Å². The first-order valence-corrected chi connectivity index (χ1v) is 11.4. The molecule has 170 valence electrons. The lowest BCUT2D eigenvalue weighted by molar-refractivity contribution is 0.0532. The summed E-state index contributed by atoms with van der Waals surface area (Å²) < 4.78 is 11.6. The summed E-state index contributed by atoms with van der Waals surface area (Å²) in [5, 5.41) is 6.92. The van der Waals surface area contributed by atoms with E-state index in [-0.39, 0.29) is 0 Å². The van der Waals surface area contributed by atoms with Crippen molar-refractivity contribution in [2.24, 2.45) is 4.99 Å². The molecule has 1 aromatic heterocycles. The second-order valence-electron chi connectivity index (χ2n) is 8.36. The third kappa shape index (κ3) is 7.67. The quantitative estimate of drug-likeness (QED) is 0.471. The van der Waals surface area contributed by atoms with E-state index in [4.69, 9.17) is 14.1 Å². The predicted molar refractivity (Wildman–Crippen MR) is 125 cm³/mol. The summed E-state index contributed by atoms with van der Waals surface area (Å²) in [4.78, 5) is 11.6. The Bertz CT molecular complexity index is 808. The molecular weight excluding hydrogens is 390 g/mol. The Morgan fingerprint density at radius 3 is 2.68 bits per heavy atom. The number of aromatic nitrogens is 1. The molecule has 0 unspecified atom stereocenters. The van der Waals surface area contributed by atoms with Crippen LogP contribution in [0.15, 0.2) is 39.9 Å². The first-order valence-electron chi connectivity index (χ1n) is 11.4. The summed E-state index contributed by atoms with van der Waals surface area (Å²) in [5.74, 6) is 2.21. The summed E-state index contributed by atoms with van der Waals surface area (Å²) in [5.41, 5.74) is 2.26. The number of benzene rings is 1. The third-order valence-corrected chi connectivity index (χ3v) is 5.39. The summed E-state index contributed by atoms with van der Waals surface area (Å²) >= 11 is 0. The monoisotopic (exact) mass is 427 g/mol. The minimum Gasteiger partial charge on any atom is -0.439 e. The van der Waals surface area contributed by atoms with Crippen molar-refractivity contribution in [1.82, 2.24) is 20.5 Å². The zero-order valence-electron chi connectivity index (χ0n) is 19.4. The molecule has 0 amide bonds. The van der Waals surface area contributed by atoms with E-state index in [0.29, 0.717) is 24.6 Å². The fourth-order valence-corrected chi connectivity index (χ4v) is 3.61. The van der Waals surface area contributed by atoms with Gasteiger partial charge in [-0.3, -0.25) is 0 Å². The number of ether oxygens (including phenoxy) is 1. The molecule has 1 aromatic carbocycles. The highest BCUT2D eigenvalue weighted by Crippen LogP contribution is 2.21. The molecule has 1 aliphatic heterocycles. The minimum atomic E-state index is 0.301. The standard InChI is InChI=1S/C24H37N5O2/c1-5-25-24(28-21-10-12-29(13-11-21)14-15-30-18(2)3)27-17-23-26-16-22(31-23)20-8-6-19(4)7-9-20/h6-9,16,18,21H,5,10-15,17H2,1-4H3,(H2,25,27,28). The van der Waals surface area contributed by atoms with E-state index in [0.717, 1.165) is 62.9 Å². The van der Waals surface area contributed by atoms with Gasteiger partial charge in [0.05, 0.1) is 18.9 Å². The second kappa shape index (κ2) is 11.9. The number of guanidine groups is 1. The minimum absolute atomic E-state index is 0.301. The Balaban J connectivity index is 1.49. The van der Waals surface area contributed by atoms with Crippen LogP contribution < -0.4 is 10.6 Å². The van der Waals surface area contributed by atoms with Gasteiger partial charge in [0.2, 0.25) is 5.89 Å². The lowest BCUT2D eigenvalue weighted by Gasteiger charge is -2.33. The molecule has 0 bridgehead atoms. The van der Waals surface area contributed by atoms with Gasteiger partial charge in [0, 0.05) is 37.8 Å². The molecule has 0 spiro atoms. The first-order chi connectivity index (χ1) is 15.0. The van der Waals surface area contributed by atoms with E-state index in [2.05, 4.69) is 72.5 Å². The van der Waals surface area contributed by atoms with E-state index in [9.17, 15) is 0 Å². The molecule has 31 heavy (non-hydrogen) atoms. The van der Waals surface area contributed by atoms with Crippen molar-refractivity contribution in [1.29, 1.82) is 0 Å². The van der Waals surface area contributed by atoms with Crippen molar-refractivity contribution in [3.63, 3.8) is 0 Å². The van der Waals surface area contributed by atoms with Crippen molar-refractivity contribution in [2.75, 3.05) is 32.8 Å². The highest BCUT2D eigenvalue weighted by molar-refractivity contribution is 5.80. The molecule has 1 aliphatic rings. The number of aliphatic imine (C=N–C) groups is 1. The molecule has 1 fully saturated rings. The van der Waals surface area contributed by atoms with Crippen molar-refractivity contribution in [3.8, 4) is 11.3 Å². The first kappa shape index (κ1) is 23.3. The van der Waals surface area contributed by atoms with Gasteiger partial charge in [-0.25, -0.2) is 9.98 Å². The Morgan fingerprint density at radius 1 is 1.26 bits per heavy atom. The van der Waals surface area contributed by atoms with Crippen LogP contribution in [0.5, 0.6) is 0 Å². The molecule has 7 nitrogen and oxygen atoms in total. The third-order valence-electron chi connectivity index (χ3n) is 5.39. The maximum absolute atomic E-state index is 5.90. The molecule has 0 saturated carbocycles. The maximum Gasteiger partial charge on any atom is 0.216 e. The number of rotatable bonds is 9. The van der Waals surface area contributed by atoms with Crippen molar-refractivity contribution in [3.05, 3.63) is 41.9 Å². The molecule has 0 atom stereocenters. The number of likely N-dealkylation sites (tertiary alicyclic amines) is 1. The van der Waals surface area contributed by atoms with Crippen LogP contribution in [0.25, 0.3) is 11.3 Å². The number of oxazole rings is 1. The van der Waals surface area contributed by atoms with Crippen LogP contribution in [0, 0.1) is 6.92 Å². The molecule has 7 heteroatoms. The van der Waals surface area contributed by atoms with Crippen LogP contribution in [0.2, 0.25) is 0 Å². The highest BCUT2D eigenvalue weighted by Gasteiger charge is 2.20. The van der Waals surface area contributed by atoms with Gasteiger partial charge in [-0.05, 0) is 40.5 Å². The van der Waals surface area contributed by atoms with Gasteiger partial charge in [0.15, 0.2) is 11.7 Å². The fraction of sp³-hybridized carbons (Fsp3) is 0.583. The van der Waals surface area contributed by atoms with Gasteiger partial charge in [-0.2, -0.15) is 0 Å². The molecule has 2 N–H and O–H groups in total. The van der Waals surface area contributed by atoms with Crippen LogP contribution >= 0.6 is 0 Å². The van der Waals surface area contributed by atoms with Crippen LogP contribution in [0.3, 0.4) is 0 Å². The van der Waals surface area contributed by atoms with Gasteiger partial charge < -0.3 is 24.7 Å². The number of aryl methyl sites for hydroxylation is 1. The topological polar surface area (TPSA) is 74.9 Å². The smallest absolute Gasteiger partial charge is 0.216 e. The summed E-state index contributed by atoms with van der Waals surface area (Å²) in [6.07, 6.45) is 4.27. The van der Waals surface area contributed by atoms with E-state index in [1.54, 1.807) is 6.20 Å². The molecule has 3 rings (SSSR count). The SMILES string of the molecule is CCNC(=NCc1ncc(-c2ccc(C)cc2)o1)NC1CCN(CCOC(C)C)CC1. The summed E-state index contributed by atoms with van der Waals surface area (Å²) in [6, 6.07) is 8.68. The van der Waals surface area contributed by atoms with Crippen molar-refractivity contribution in [2.45, 2.75) is 59.2 Å². The van der Waals surface area contributed by atoms with Gasteiger partial charge in [-0.15, -0.1) is 0 Å². The number of hydrogen-bond acceptors (Lipinski definition) is 5. The molecule has 1 saturated heterocycles.